The molecule has 0 N–H and O–H groups in total. The monoisotopic (exact) mass is 337 g/mol. The predicted octanol–water partition coefficient (Wildman–Crippen LogP) is 5.39. The number of nitrogens with zero attached hydrogens (tertiary/aromatic N) is 1. The molecule has 3 heteroatoms. The van der Waals surface area contributed by atoms with Crippen molar-refractivity contribution in [1.29, 1.82) is 0 Å². The SMILES string of the molecule is C/C(=N/OCCOc1ccccc1)[C@H]1C[C@H]1c1ccc(C(C)C)cc1. The number of hydrogen-bond donors (Lipinski definition) is 0. The molecule has 2 atom stereocenters. The van der Waals surface area contributed by atoms with Crippen molar-refractivity contribution in [2.45, 2.75) is 39.0 Å². The molecule has 1 aliphatic carbocycles. The molecule has 0 spiro atoms. The number of rotatable bonds is 8. The molecule has 0 bridgehead atoms. The van der Waals surface area contributed by atoms with E-state index in [0.717, 1.165) is 11.5 Å². The molecule has 2 aromatic rings. The van der Waals surface area contributed by atoms with Crippen LogP contribution >= 0.6 is 0 Å². The largest absolute Gasteiger partial charge is 0.490 e. The molecule has 0 radical (unpaired) electrons. The van der Waals surface area contributed by atoms with Gasteiger partial charge in [-0.2, -0.15) is 0 Å². The number of para-hydroxylation sites is 1. The maximum absolute atomic E-state index is 5.59. The Balaban J connectivity index is 1.41. The summed E-state index contributed by atoms with van der Waals surface area (Å²) in [5, 5.41) is 4.28. The molecule has 1 aliphatic rings. The zero-order valence-electron chi connectivity index (χ0n) is 15.3. The Kier molecular flexibility index (Phi) is 5.75. The zero-order valence-corrected chi connectivity index (χ0v) is 15.3. The van der Waals surface area contributed by atoms with Crippen LogP contribution < -0.4 is 4.74 Å². The molecule has 25 heavy (non-hydrogen) atoms. The maximum Gasteiger partial charge on any atom is 0.151 e. The number of oxime groups is 1. The van der Waals surface area contributed by atoms with E-state index < -0.39 is 0 Å². The summed E-state index contributed by atoms with van der Waals surface area (Å²) < 4.78 is 5.59. The van der Waals surface area contributed by atoms with Gasteiger partial charge in [0.2, 0.25) is 0 Å². The fraction of sp³-hybridized carbons (Fsp3) is 0.409. The van der Waals surface area contributed by atoms with Crippen molar-refractivity contribution in [2.24, 2.45) is 11.1 Å². The second-order valence-corrected chi connectivity index (χ2v) is 7.00. The second kappa shape index (κ2) is 8.19. The first kappa shape index (κ1) is 17.5. The summed E-state index contributed by atoms with van der Waals surface area (Å²) in [6.45, 7) is 7.48. The fourth-order valence-electron chi connectivity index (χ4n) is 3.08. The molecule has 3 nitrogen and oxygen atoms in total. The normalized spacial score (nSPS) is 19.8. The summed E-state index contributed by atoms with van der Waals surface area (Å²) >= 11 is 0. The van der Waals surface area contributed by atoms with Gasteiger partial charge in [-0.05, 0) is 48.4 Å². The average Bonchev–Trinajstić information content (AvgIpc) is 3.43. The number of ether oxygens (including phenoxy) is 1. The smallest absolute Gasteiger partial charge is 0.151 e. The first-order valence-corrected chi connectivity index (χ1v) is 9.09. The van der Waals surface area contributed by atoms with Crippen LogP contribution in [-0.2, 0) is 4.84 Å². The molecule has 132 valence electrons. The van der Waals surface area contributed by atoms with Gasteiger partial charge >= 0.3 is 0 Å². The minimum atomic E-state index is 0.465. The number of benzene rings is 2. The van der Waals surface area contributed by atoms with E-state index in [4.69, 9.17) is 9.57 Å². The lowest BCUT2D eigenvalue weighted by Gasteiger charge is -2.07. The summed E-state index contributed by atoms with van der Waals surface area (Å²) in [4.78, 5) is 5.42. The summed E-state index contributed by atoms with van der Waals surface area (Å²) in [5.74, 6) is 2.55. The highest BCUT2D eigenvalue weighted by molar-refractivity contribution is 5.87. The standard InChI is InChI=1S/C22H27NO2/c1-16(2)18-9-11-19(12-10-18)22-15-21(22)17(3)23-25-14-13-24-20-7-5-4-6-8-20/h4-12,16,21-22H,13-15H2,1-3H3/b23-17-/t21-,22+/m1/s1. The van der Waals surface area contributed by atoms with Gasteiger partial charge in [0.25, 0.3) is 0 Å². The van der Waals surface area contributed by atoms with E-state index in [9.17, 15) is 0 Å². The lowest BCUT2D eigenvalue weighted by molar-refractivity contribution is 0.106. The third-order valence-corrected chi connectivity index (χ3v) is 4.75. The summed E-state index contributed by atoms with van der Waals surface area (Å²) in [5.41, 5.74) is 3.89. The van der Waals surface area contributed by atoms with E-state index in [-0.39, 0.29) is 0 Å². The highest BCUT2D eigenvalue weighted by Gasteiger charge is 2.40. The highest BCUT2D eigenvalue weighted by atomic mass is 16.6. The molecule has 0 amide bonds. The van der Waals surface area contributed by atoms with Crippen LogP contribution in [0.3, 0.4) is 0 Å². The van der Waals surface area contributed by atoms with Gasteiger partial charge in [0, 0.05) is 5.92 Å². The van der Waals surface area contributed by atoms with E-state index in [1.54, 1.807) is 0 Å². The summed E-state index contributed by atoms with van der Waals surface area (Å²) in [7, 11) is 0. The van der Waals surface area contributed by atoms with Crippen LogP contribution in [0.2, 0.25) is 0 Å². The van der Waals surface area contributed by atoms with Crippen LogP contribution in [0.5, 0.6) is 5.75 Å². The predicted molar refractivity (Wildman–Crippen MR) is 102 cm³/mol. The van der Waals surface area contributed by atoms with Crippen LogP contribution in [0.25, 0.3) is 0 Å². The molecule has 0 aromatic heterocycles. The van der Waals surface area contributed by atoms with Crippen LogP contribution in [-0.4, -0.2) is 18.9 Å². The van der Waals surface area contributed by atoms with Crippen LogP contribution in [0.15, 0.2) is 59.8 Å². The van der Waals surface area contributed by atoms with Crippen molar-refractivity contribution in [1.82, 2.24) is 0 Å². The Bertz CT molecular complexity index is 692. The molecule has 1 saturated carbocycles. The molecule has 3 rings (SSSR count). The summed E-state index contributed by atoms with van der Waals surface area (Å²) in [6.07, 6.45) is 1.17. The second-order valence-electron chi connectivity index (χ2n) is 7.00. The molecular formula is C22H27NO2. The van der Waals surface area contributed by atoms with Crippen molar-refractivity contribution in [2.75, 3.05) is 13.2 Å². The zero-order chi connectivity index (χ0) is 17.6. The van der Waals surface area contributed by atoms with Gasteiger partial charge in [-0.15, -0.1) is 0 Å². The van der Waals surface area contributed by atoms with Crippen molar-refractivity contribution in [3.05, 3.63) is 65.7 Å². The van der Waals surface area contributed by atoms with Gasteiger partial charge in [0.1, 0.15) is 12.4 Å². The minimum absolute atomic E-state index is 0.465. The van der Waals surface area contributed by atoms with E-state index >= 15 is 0 Å². The van der Waals surface area contributed by atoms with E-state index in [1.807, 2.05) is 30.3 Å². The highest BCUT2D eigenvalue weighted by Crippen LogP contribution is 2.48. The van der Waals surface area contributed by atoms with Gasteiger partial charge < -0.3 is 9.57 Å². The molecule has 0 heterocycles. The molecule has 0 aliphatic heterocycles. The van der Waals surface area contributed by atoms with E-state index in [1.165, 1.54) is 17.5 Å². The van der Waals surface area contributed by atoms with Crippen molar-refractivity contribution >= 4 is 5.71 Å². The third-order valence-electron chi connectivity index (χ3n) is 4.75. The molecule has 0 saturated heterocycles. The van der Waals surface area contributed by atoms with Crippen molar-refractivity contribution in [3.63, 3.8) is 0 Å². The lowest BCUT2D eigenvalue weighted by Crippen LogP contribution is -2.06. The van der Waals surface area contributed by atoms with Crippen LogP contribution in [0.1, 0.15) is 50.2 Å². The Morgan fingerprint density at radius 1 is 1.04 bits per heavy atom. The topological polar surface area (TPSA) is 30.8 Å². The van der Waals surface area contributed by atoms with Crippen molar-refractivity contribution < 1.29 is 9.57 Å². The quantitative estimate of drug-likeness (QED) is 0.367. The summed E-state index contributed by atoms with van der Waals surface area (Å²) in [6, 6.07) is 18.8. The van der Waals surface area contributed by atoms with Crippen LogP contribution in [0, 0.1) is 5.92 Å². The van der Waals surface area contributed by atoms with Gasteiger partial charge in [0.05, 0.1) is 5.71 Å². The first-order valence-electron chi connectivity index (χ1n) is 9.09. The maximum atomic E-state index is 5.59. The van der Waals surface area contributed by atoms with E-state index in [0.29, 0.717) is 31.0 Å². The minimum Gasteiger partial charge on any atom is -0.490 e. The Hall–Kier alpha value is -2.29. The number of hydrogen-bond acceptors (Lipinski definition) is 3. The Labute approximate surface area is 150 Å². The van der Waals surface area contributed by atoms with Crippen molar-refractivity contribution in [3.8, 4) is 5.75 Å². The van der Waals surface area contributed by atoms with Gasteiger partial charge in [-0.25, -0.2) is 0 Å². The lowest BCUT2D eigenvalue weighted by atomic mass is 9.99. The fourth-order valence-corrected chi connectivity index (χ4v) is 3.08. The third kappa shape index (κ3) is 4.85. The van der Waals surface area contributed by atoms with E-state index in [2.05, 4.69) is 50.2 Å². The molecule has 2 aromatic carbocycles. The molecule has 1 fully saturated rings. The Morgan fingerprint density at radius 3 is 2.44 bits per heavy atom. The van der Waals surface area contributed by atoms with Gasteiger partial charge in [-0.3, -0.25) is 0 Å². The van der Waals surface area contributed by atoms with Gasteiger partial charge in [-0.1, -0.05) is 61.5 Å². The molecular weight excluding hydrogens is 310 g/mol. The first-order chi connectivity index (χ1) is 12.1. The molecule has 0 unspecified atom stereocenters. The Morgan fingerprint density at radius 2 is 1.76 bits per heavy atom. The van der Waals surface area contributed by atoms with Gasteiger partial charge in [0.15, 0.2) is 6.61 Å². The average molecular weight is 337 g/mol. The van der Waals surface area contributed by atoms with Crippen LogP contribution in [0.4, 0.5) is 0 Å².